The summed E-state index contributed by atoms with van der Waals surface area (Å²) >= 11 is 0. The van der Waals surface area contributed by atoms with Gasteiger partial charge in [0.05, 0.1) is 21.3 Å². The Kier molecular flexibility index (Phi) is 9.29. The summed E-state index contributed by atoms with van der Waals surface area (Å²) in [7, 11) is 8.70. The van der Waals surface area contributed by atoms with Gasteiger partial charge in [0.2, 0.25) is 5.75 Å². The number of unbranched alkanes of at least 4 members (excludes halogenated alkanes) is 1. The van der Waals surface area contributed by atoms with E-state index in [0.29, 0.717) is 17.2 Å². The lowest BCUT2D eigenvalue weighted by Gasteiger charge is -2.22. The van der Waals surface area contributed by atoms with Gasteiger partial charge in [-0.2, -0.15) is 0 Å². The Morgan fingerprint density at radius 2 is 1.92 bits per heavy atom. The van der Waals surface area contributed by atoms with Crippen LogP contribution in [0.3, 0.4) is 0 Å². The van der Waals surface area contributed by atoms with Crippen LogP contribution >= 0.6 is 0 Å². The molecule has 0 unspecified atom stereocenters. The third-order valence-electron chi connectivity index (χ3n) is 3.94. The third-order valence-corrected chi connectivity index (χ3v) is 3.94. The van der Waals surface area contributed by atoms with Crippen LogP contribution in [0, 0.1) is 0 Å². The molecule has 0 aliphatic heterocycles. The van der Waals surface area contributed by atoms with E-state index in [4.69, 9.17) is 14.2 Å². The van der Waals surface area contributed by atoms with E-state index >= 15 is 0 Å². The van der Waals surface area contributed by atoms with Crippen molar-refractivity contribution < 1.29 is 14.2 Å². The van der Waals surface area contributed by atoms with Gasteiger partial charge in [-0.3, -0.25) is 4.99 Å². The van der Waals surface area contributed by atoms with Crippen molar-refractivity contribution in [3.05, 3.63) is 30.4 Å². The maximum atomic E-state index is 5.52. The van der Waals surface area contributed by atoms with Crippen LogP contribution in [0.4, 0.5) is 0 Å². The van der Waals surface area contributed by atoms with Crippen LogP contribution in [0.15, 0.2) is 29.8 Å². The minimum absolute atomic E-state index is 0.619. The molecule has 0 bridgehead atoms. The molecule has 0 spiro atoms. The van der Waals surface area contributed by atoms with Gasteiger partial charge in [0.15, 0.2) is 17.5 Å². The van der Waals surface area contributed by atoms with Crippen molar-refractivity contribution in [1.29, 1.82) is 0 Å². The molecule has 140 valence electrons. The molecule has 1 aromatic carbocycles. The highest BCUT2D eigenvalue weighted by Crippen LogP contribution is 2.39. The second-order valence-electron chi connectivity index (χ2n) is 5.57. The molecule has 0 aliphatic rings. The summed E-state index contributed by atoms with van der Waals surface area (Å²) in [5.74, 6) is 2.86. The molecule has 0 saturated heterocycles. The highest BCUT2D eigenvalue weighted by atomic mass is 16.5. The second kappa shape index (κ2) is 11.2. The maximum Gasteiger partial charge on any atom is 0.203 e. The Bertz CT molecular complexity index is 573. The number of ether oxygens (including phenoxy) is 3. The molecule has 1 N–H and O–H groups in total. The number of rotatable bonds is 10. The summed E-state index contributed by atoms with van der Waals surface area (Å²) < 4.78 is 16.3. The largest absolute Gasteiger partial charge is 0.493 e. The summed E-state index contributed by atoms with van der Waals surface area (Å²) in [6.07, 6.45) is 4.78. The van der Waals surface area contributed by atoms with Crippen LogP contribution in [-0.2, 0) is 6.42 Å². The minimum Gasteiger partial charge on any atom is -0.493 e. The van der Waals surface area contributed by atoms with Gasteiger partial charge in [-0.25, -0.2) is 0 Å². The van der Waals surface area contributed by atoms with Crippen molar-refractivity contribution in [2.75, 3.05) is 48.5 Å². The quantitative estimate of drug-likeness (QED) is 0.305. The van der Waals surface area contributed by atoms with Crippen molar-refractivity contribution in [2.45, 2.75) is 19.3 Å². The number of hydrogen-bond donors (Lipinski definition) is 1. The molecular weight excluding hydrogens is 318 g/mol. The lowest BCUT2D eigenvalue weighted by Crippen LogP contribution is -2.40. The fourth-order valence-corrected chi connectivity index (χ4v) is 2.63. The Morgan fingerprint density at radius 1 is 1.20 bits per heavy atom. The van der Waals surface area contributed by atoms with Crippen molar-refractivity contribution >= 4 is 5.96 Å². The summed E-state index contributed by atoms with van der Waals surface area (Å²) in [4.78, 5) is 6.45. The number of nitrogens with one attached hydrogen (secondary N) is 1. The van der Waals surface area contributed by atoms with Gasteiger partial charge >= 0.3 is 0 Å². The number of aliphatic imine (C=N–C) groups is 1. The van der Waals surface area contributed by atoms with Crippen LogP contribution in [-0.4, -0.2) is 59.4 Å². The molecule has 6 nitrogen and oxygen atoms in total. The van der Waals surface area contributed by atoms with Crippen molar-refractivity contribution in [3.63, 3.8) is 0 Å². The molecule has 0 saturated carbocycles. The first kappa shape index (κ1) is 20.7. The average Bonchev–Trinajstić information content (AvgIpc) is 2.64. The normalized spacial score (nSPS) is 11.0. The van der Waals surface area contributed by atoms with Gasteiger partial charge < -0.3 is 24.4 Å². The molecule has 0 heterocycles. The van der Waals surface area contributed by atoms with E-state index in [2.05, 4.69) is 21.8 Å². The highest BCUT2D eigenvalue weighted by Gasteiger charge is 2.15. The number of hydrogen-bond acceptors (Lipinski definition) is 4. The van der Waals surface area contributed by atoms with Crippen molar-refractivity contribution in [2.24, 2.45) is 4.99 Å². The SMILES string of the molecule is C=CCCCN(C)C(=NC)NCCc1ccc(OC)c(OC)c1OC. The standard InChI is InChI=1S/C19H31N3O3/c1-7-8-9-14-22(3)19(20-2)21-13-12-15-10-11-16(23-4)18(25-6)17(15)24-5/h7,10-11H,1,8-9,12-14H2,2-6H3,(H,20,21). The van der Waals surface area contributed by atoms with E-state index in [0.717, 1.165) is 43.9 Å². The maximum absolute atomic E-state index is 5.52. The fraction of sp³-hybridized carbons (Fsp3) is 0.526. The highest BCUT2D eigenvalue weighted by molar-refractivity contribution is 5.79. The summed E-state index contributed by atoms with van der Waals surface area (Å²) in [5.41, 5.74) is 1.05. The van der Waals surface area contributed by atoms with Crippen LogP contribution in [0.5, 0.6) is 17.2 Å². The van der Waals surface area contributed by atoms with Gasteiger partial charge in [-0.15, -0.1) is 6.58 Å². The van der Waals surface area contributed by atoms with Crippen molar-refractivity contribution in [3.8, 4) is 17.2 Å². The van der Waals surface area contributed by atoms with Gasteiger partial charge in [0.1, 0.15) is 0 Å². The van der Waals surface area contributed by atoms with E-state index in [9.17, 15) is 0 Å². The first-order valence-electron chi connectivity index (χ1n) is 8.43. The molecule has 0 fully saturated rings. The van der Waals surface area contributed by atoms with Gasteiger partial charge in [-0.1, -0.05) is 12.1 Å². The predicted molar refractivity (Wildman–Crippen MR) is 103 cm³/mol. The Balaban J connectivity index is 2.70. The number of guanidine groups is 1. The number of methoxy groups -OCH3 is 3. The number of benzene rings is 1. The molecule has 0 aromatic heterocycles. The monoisotopic (exact) mass is 349 g/mol. The Morgan fingerprint density at radius 3 is 2.48 bits per heavy atom. The molecule has 25 heavy (non-hydrogen) atoms. The zero-order valence-electron chi connectivity index (χ0n) is 16.1. The van der Waals surface area contributed by atoms with Crippen LogP contribution in [0.2, 0.25) is 0 Å². The average molecular weight is 349 g/mol. The smallest absolute Gasteiger partial charge is 0.203 e. The lowest BCUT2D eigenvalue weighted by atomic mass is 10.1. The molecule has 1 aromatic rings. The van der Waals surface area contributed by atoms with Crippen LogP contribution < -0.4 is 19.5 Å². The van der Waals surface area contributed by atoms with Gasteiger partial charge in [0, 0.05) is 32.7 Å². The topological polar surface area (TPSA) is 55.3 Å². The number of nitrogens with zero attached hydrogens (tertiary/aromatic N) is 2. The minimum atomic E-state index is 0.619. The van der Waals surface area contributed by atoms with E-state index in [1.807, 2.05) is 25.3 Å². The Labute approximate surface area is 151 Å². The molecule has 1 rings (SSSR count). The Hall–Kier alpha value is -2.37. The van der Waals surface area contributed by atoms with Crippen LogP contribution in [0.1, 0.15) is 18.4 Å². The summed E-state index contributed by atoms with van der Waals surface area (Å²) in [5, 5.41) is 3.38. The first-order valence-corrected chi connectivity index (χ1v) is 8.43. The first-order chi connectivity index (χ1) is 12.1. The predicted octanol–water partition coefficient (Wildman–Crippen LogP) is 2.73. The van der Waals surface area contributed by atoms with E-state index < -0.39 is 0 Å². The zero-order valence-corrected chi connectivity index (χ0v) is 16.1. The molecule has 0 atom stereocenters. The summed E-state index contributed by atoms with van der Waals surface area (Å²) in [6, 6.07) is 3.89. The number of allylic oxidation sites excluding steroid dienone is 1. The van der Waals surface area contributed by atoms with E-state index in [-0.39, 0.29) is 0 Å². The van der Waals surface area contributed by atoms with Crippen molar-refractivity contribution in [1.82, 2.24) is 10.2 Å². The second-order valence-corrected chi connectivity index (χ2v) is 5.57. The van der Waals surface area contributed by atoms with Gasteiger partial charge in [0.25, 0.3) is 0 Å². The van der Waals surface area contributed by atoms with E-state index in [1.165, 1.54) is 0 Å². The van der Waals surface area contributed by atoms with E-state index in [1.54, 1.807) is 28.4 Å². The summed E-state index contributed by atoms with van der Waals surface area (Å²) in [6.45, 7) is 5.43. The lowest BCUT2D eigenvalue weighted by molar-refractivity contribution is 0.322. The zero-order chi connectivity index (χ0) is 18.7. The third kappa shape index (κ3) is 5.89. The fourth-order valence-electron chi connectivity index (χ4n) is 2.63. The molecule has 6 heteroatoms. The molecule has 0 radical (unpaired) electrons. The molecule has 0 amide bonds. The molecule has 0 aliphatic carbocycles. The van der Waals surface area contributed by atoms with Gasteiger partial charge in [-0.05, 0) is 25.3 Å². The molecular formula is C19H31N3O3. The van der Waals surface area contributed by atoms with Crippen LogP contribution in [0.25, 0.3) is 0 Å².